The Balaban J connectivity index is 2.50. The Hall–Kier alpha value is -3.35. The average molecular weight is 469 g/mol. The van der Waals surface area contributed by atoms with E-state index in [4.69, 9.17) is 9.47 Å². The molecule has 2 atom stereocenters. The number of amides is 1. The minimum atomic E-state index is -0.680. The molecule has 0 radical (unpaired) electrons. The second-order valence-corrected chi connectivity index (χ2v) is 9.73. The lowest BCUT2D eigenvalue weighted by atomic mass is 9.81. The minimum absolute atomic E-state index is 0.156. The first-order valence-corrected chi connectivity index (χ1v) is 11.5. The maximum absolute atomic E-state index is 13.1. The maximum Gasteiger partial charge on any atom is 0.418 e. The zero-order valence-corrected chi connectivity index (χ0v) is 20.9. The molecule has 0 aliphatic rings. The van der Waals surface area contributed by atoms with E-state index >= 15 is 0 Å². The number of anilines is 1. The van der Waals surface area contributed by atoms with Gasteiger partial charge in [-0.25, -0.2) is 4.79 Å². The van der Waals surface area contributed by atoms with E-state index < -0.39 is 11.7 Å². The number of carbonyl (C=O) groups excluding carboxylic acids is 1. The van der Waals surface area contributed by atoms with Gasteiger partial charge in [-0.2, -0.15) is 0 Å². The fourth-order valence-electron chi connectivity index (χ4n) is 3.83. The number of methoxy groups -OCH3 is 1. The zero-order valence-electron chi connectivity index (χ0n) is 20.9. The number of nitrogens with zero attached hydrogens (tertiary/aromatic N) is 2. The van der Waals surface area contributed by atoms with Crippen LogP contribution in [0, 0.1) is 22.0 Å². The number of hydrogen-bond acceptors (Lipinski definition) is 5. The normalized spacial score (nSPS) is 13.5. The number of nitro groups is 1. The quantitative estimate of drug-likeness (QED) is 0.287. The SMILES string of the molecule is COc1ccc(N(/C=C/[C@@H](c2ccccc2)[C@H](CC(C)C)C[N+](=O)[O-])C(=O)OC(C)(C)C)cc1. The van der Waals surface area contributed by atoms with Crippen molar-refractivity contribution in [1.29, 1.82) is 0 Å². The monoisotopic (exact) mass is 468 g/mol. The van der Waals surface area contributed by atoms with Gasteiger partial charge in [0.05, 0.1) is 12.8 Å². The van der Waals surface area contributed by atoms with Crippen LogP contribution < -0.4 is 9.64 Å². The van der Waals surface area contributed by atoms with Gasteiger partial charge >= 0.3 is 6.09 Å². The molecule has 2 rings (SSSR count). The third-order valence-corrected chi connectivity index (χ3v) is 5.23. The van der Waals surface area contributed by atoms with E-state index in [2.05, 4.69) is 13.8 Å². The fraction of sp³-hybridized carbons (Fsp3) is 0.444. The molecule has 0 N–H and O–H groups in total. The Labute approximate surface area is 202 Å². The standard InChI is InChI=1S/C27H36N2O5/c1-20(2)18-22(19-29(31)32)25(21-10-8-7-9-11-21)16-17-28(26(30)34-27(3,4)5)23-12-14-24(33-6)15-13-23/h7-17,20,22,25H,18-19H2,1-6H3/b17-16+/t22-,25+/m1/s1. The van der Waals surface area contributed by atoms with Crippen LogP contribution >= 0.6 is 0 Å². The lowest BCUT2D eigenvalue weighted by Crippen LogP contribution is -2.33. The van der Waals surface area contributed by atoms with E-state index in [0.717, 1.165) is 5.56 Å². The first kappa shape index (κ1) is 26.9. The highest BCUT2D eigenvalue weighted by Gasteiger charge is 2.28. The molecular formula is C27H36N2O5. The largest absolute Gasteiger partial charge is 0.497 e. The molecule has 2 aromatic rings. The van der Waals surface area contributed by atoms with Gasteiger partial charge in [0.2, 0.25) is 6.54 Å². The summed E-state index contributed by atoms with van der Waals surface area (Å²) in [4.78, 5) is 25.8. The highest BCUT2D eigenvalue weighted by Crippen LogP contribution is 2.32. The third kappa shape index (κ3) is 8.54. The highest BCUT2D eigenvalue weighted by atomic mass is 16.6. The molecule has 7 heteroatoms. The number of rotatable bonds is 10. The second-order valence-electron chi connectivity index (χ2n) is 9.73. The molecule has 1 amide bonds. The first-order chi connectivity index (χ1) is 16.0. The molecule has 0 saturated heterocycles. The average Bonchev–Trinajstić information content (AvgIpc) is 2.75. The van der Waals surface area contributed by atoms with Gasteiger partial charge in [0.15, 0.2) is 0 Å². The molecule has 0 saturated carbocycles. The van der Waals surface area contributed by atoms with Crippen LogP contribution in [0.2, 0.25) is 0 Å². The predicted octanol–water partition coefficient (Wildman–Crippen LogP) is 6.67. The van der Waals surface area contributed by atoms with Crippen LogP contribution in [0.25, 0.3) is 0 Å². The van der Waals surface area contributed by atoms with Crippen molar-refractivity contribution in [2.45, 2.75) is 52.6 Å². The van der Waals surface area contributed by atoms with Crippen molar-refractivity contribution < 1.29 is 19.2 Å². The summed E-state index contributed by atoms with van der Waals surface area (Å²) in [6, 6.07) is 16.8. The molecule has 0 bridgehead atoms. The van der Waals surface area contributed by atoms with E-state index in [1.807, 2.05) is 57.2 Å². The third-order valence-electron chi connectivity index (χ3n) is 5.23. The second kappa shape index (κ2) is 12.2. The molecule has 0 aromatic heterocycles. The van der Waals surface area contributed by atoms with E-state index in [1.54, 1.807) is 37.6 Å². The van der Waals surface area contributed by atoms with Crippen LogP contribution in [0.4, 0.5) is 10.5 Å². The van der Waals surface area contributed by atoms with Gasteiger partial charge in [-0.1, -0.05) is 50.3 Å². The number of ether oxygens (including phenoxy) is 2. The van der Waals surface area contributed by atoms with Crippen molar-refractivity contribution in [2.75, 3.05) is 18.6 Å². The van der Waals surface area contributed by atoms with Gasteiger partial charge in [-0.15, -0.1) is 0 Å². The summed E-state index contributed by atoms with van der Waals surface area (Å²) in [6.07, 6.45) is 3.69. The molecule has 0 aliphatic carbocycles. The summed E-state index contributed by atoms with van der Waals surface area (Å²) in [5, 5.41) is 11.5. The number of hydrogen-bond donors (Lipinski definition) is 0. The molecule has 0 unspecified atom stereocenters. The van der Waals surface area contributed by atoms with Crippen LogP contribution in [0.15, 0.2) is 66.9 Å². The van der Waals surface area contributed by atoms with E-state index in [9.17, 15) is 14.9 Å². The van der Waals surface area contributed by atoms with Crippen molar-refractivity contribution in [3.63, 3.8) is 0 Å². The Morgan fingerprint density at radius 1 is 1.09 bits per heavy atom. The number of carbonyl (C=O) groups is 1. The predicted molar refractivity (Wildman–Crippen MR) is 135 cm³/mol. The number of allylic oxidation sites excluding steroid dienone is 1. The van der Waals surface area contributed by atoms with E-state index in [0.29, 0.717) is 17.9 Å². The van der Waals surface area contributed by atoms with Gasteiger partial charge in [0, 0.05) is 23.0 Å². The summed E-state index contributed by atoms with van der Waals surface area (Å²) in [5.41, 5.74) is 0.887. The number of benzene rings is 2. The molecule has 7 nitrogen and oxygen atoms in total. The lowest BCUT2D eigenvalue weighted by molar-refractivity contribution is -0.489. The van der Waals surface area contributed by atoms with Gasteiger partial charge in [0.1, 0.15) is 11.4 Å². The van der Waals surface area contributed by atoms with Gasteiger partial charge < -0.3 is 9.47 Å². The Morgan fingerprint density at radius 2 is 1.71 bits per heavy atom. The summed E-state index contributed by atoms with van der Waals surface area (Å²) >= 11 is 0. The molecule has 0 aliphatic heterocycles. The van der Waals surface area contributed by atoms with E-state index in [-0.39, 0.29) is 29.2 Å². The van der Waals surface area contributed by atoms with Gasteiger partial charge in [0.25, 0.3) is 0 Å². The van der Waals surface area contributed by atoms with Gasteiger partial charge in [-0.3, -0.25) is 15.0 Å². The smallest absolute Gasteiger partial charge is 0.418 e. The highest BCUT2D eigenvalue weighted by molar-refractivity contribution is 5.90. The molecule has 184 valence electrons. The van der Waals surface area contributed by atoms with Crippen LogP contribution in [-0.4, -0.2) is 30.3 Å². The van der Waals surface area contributed by atoms with Crippen LogP contribution in [0.3, 0.4) is 0 Å². The molecule has 0 heterocycles. The van der Waals surface area contributed by atoms with Crippen molar-refractivity contribution in [2.24, 2.45) is 11.8 Å². The van der Waals surface area contributed by atoms with Crippen molar-refractivity contribution in [3.8, 4) is 5.75 Å². The molecule has 0 fully saturated rings. The molecule has 34 heavy (non-hydrogen) atoms. The van der Waals surface area contributed by atoms with Gasteiger partial charge in [-0.05, 0) is 62.9 Å². The summed E-state index contributed by atoms with van der Waals surface area (Å²) in [5.74, 6) is 0.470. The summed E-state index contributed by atoms with van der Waals surface area (Å²) in [6.45, 7) is 9.39. The lowest BCUT2D eigenvalue weighted by Gasteiger charge is -2.27. The Bertz CT molecular complexity index is 949. The molecule has 2 aromatic carbocycles. The van der Waals surface area contributed by atoms with Crippen LogP contribution in [-0.2, 0) is 4.74 Å². The maximum atomic E-state index is 13.1. The Kier molecular flexibility index (Phi) is 9.66. The summed E-state index contributed by atoms with van der Waals surface area (Å²) in [7, 11) is 1.58. The van der Waals surface area contributed by atoms with Crippen molar-refractivity contribution >= 4 is 11.8 Å². The topological polar surface area (TPSA) is 81.9 Å². The molecular weight excluding hydrogens is 432 g/mol. The van der Waals surface area contributed by atoms with Crippen LogP contribution in [0.5, 0.6) is 5.75 Å². The fourth-order valence-corrected chi connectivity index (χ4v) is 3.83. The van der Waals surface area contributed by atoms with E-state index in [1.165, 1.54) is 4.90 Å². The van der Waals surface area contributed by atoms with Crippen molar-refractivity contribution in [3.05, 3.63) is 82.6 Å². The molecule has 0 spiro atoms. The summed E-state index contributed by atoms with van der Waals surface area (Å²) < 4.78 is 10.9. The van der Waals surface area contributed by atoms with Crippen molar-refractivity contribution in [1.82, 2.24) is 0 Å². The zero-order chi connectivity index (χ0) is 25.3. The Morgan fingerprint density at radius 3 is 2.21 bits per heavy atom. The first-order valence-electron chi connectivity index (χ1n) is 11.5. The minimum Gasteiger partial charge on any atom is -0.497 e. The van der Waals surface area contributed by atoms with Crippen LogP contribution in [0.1, 0.15) is 52.5 Å².